The summed E-state index contributed by atoms with van der Waals surface area (Å²) in [7, 11) is 6.78. The van der Waals surface area contributed by atoms with Crippen LogP contribution >= 0.6 is 49.2 Å². The third-order valence-electron chi connectivity index (χ3n) is 1.30. The van der Waals surface area contributed by atoms with Gasteiger partial charge in [0.1, 0.15) is 0 Å². The van der Waals surface area contributed by atoms with E-state index in [0.29, 0.717) is 5.02 Å². The van der Waals surface area contributed by atoms with Gasteiger partial charge in [-0.3, -0.25) is 0 Å². The fourth-order valence-corrected chi connectivity index (χ4v) is 2.24. The predicted octanol–water partition coefficient (Wildman–Crippen LogP) is 4.66. The summed E-state index contributed by atoms with van der Waals surface area (Å²) in [6.07, 6.45) is 0. The van der Waals surface area contributed by atoms with E-state index in [4.69, 9.17) is 22.3 Å². The van der Waals surface area contributed by atoms with E-state index in [1.54, 1.807) is 0 Å². The number of halogens is 3. The number of benzene rings is 1. The molecule has 1 rings (SSSR count). The van der Waals surface area contributed by atoms with E-state index in [9.17, 15) is 0 Å². The molecule has 0 N–H and O–H groups in total. The Bertz CT molecular complexity index is 275. The minimum Gasteiger partial charge on any atom is -0.0831 e. The SMILES string of the molecule is Cc1cc(Br)c(Cl)cc1SCl. The molecule has 0 unspecified atom stereocenters. The largest absolute Gasteiger partial charge is 0.0831 e. The van der Waals surface area contributed by atoms with Gasteiger partial charge in [-0.1, -0.05) is 11.6 Å². The first-order valence-corrected chi connectivity index (χ1v) is 5.70. The first-order chi connectivity index (χ1) is 5.15. The maximum absolute atomic E-state index is 5.85. The van der Waals surface area contributed by atoms with Crippen molar-refractivity contribution in [3.63, 3.8) is 0 Å². The van der Waals surface area contributed by atoms with Crippen LogP contribution in [0, 0.1) is 6.92 Å². The van der Waals surface area contributed by atoms with E-state index in [2.05, 4.69) is 15.9 Å². The Morgan fingerprint density at radius 1 is 1.45 bits per heavy atom. The summed E-state index contributed by atoms with van der Waals surface area (Å²) < 4.78 is 0.908. The Hall–Kier alpha value is 0.630. The third-order valence-corrected chi connectivity index (χ3v) is 3.60. The van der Waals surface area contributed by atoms with Gasteiger partial charge in [-0.15, -0.1) is 0 Å². The molecule has 0 aliphatic carbocycles. The molecule has 11 heavy (non-hydrogen) atoms. The van der Waals surface area contributed by atoms with Gasteiger partial charge in [-0.05, 0) is 62.2 Å². The lowest BCUT2D eigenvalue weighted by atomic mass is 10.2. The summed E-state index contributed by atoms with van der Waals surface area (Å²) in [4.78, 5) is 1.000. The molecule has 0 nitrogen and oxygen atoms in total. The minimum atomic E-state index is 0.693. The van der Waals surface area contributed by atoms with Gasteiger partial charge in [-0.2, -0.15) is 0 Å². The van der Waals surface area contributed by atoms with Crippen molar-refractivity contribution >= 4 is 49.2 Å². The molecule has 0 aromatic heterocycles. The monoisotopic (exact) mass is 270 g/mol. The number of hydrogen-bond acceptors (Lipinski definition) is 1. The Labute approximate surface area is 87.9 Å². The van der Waals surface area contributed by atoms with E-state index >= 15 is 0 Å². The molecule has 0 saturated carbocycles. The zero-order chi connectivity index (χ0) is 8.43. The van der Waals surface area contributed by atoms with Gasteiger partial charge < -0.3 is 0 Å². The number of rotatable bonds is 1. The average Bonchev–Trinajstić information content (AvgIpc) is 1.97. The second kappa shape index (κ2) is 4.04. The van der Waals surface area contributed by atoms with Crippen LogP contribution in [0.5, 0.6) is 0 Å². The van der Waals surface area contributed by atoms with Crippen LogP contribution in [-0.2, 0) is 0 Å². The van der Waals surface area contributed by atoms with Gasteiger partial charge in [-0.25, -0.2) is 0 Å². The van der Waals surface area contributed by atoms with Gasteiger partial charge in [0.25, 0.3) is 0 Å². The maximum Gasteiger partial charge on any atom is 0.0559 e. The van der Waals surface area contributed by atoms with E-state index < -0.39 is 0 Å². The second-order valence-corrected chi connectivity index (χ2v) is 4.43. The molecule has 0 saturated heterocycles. The molecule has 0 heterocycles. The van der Waals surface area contributed by atoms with Crippen molar-refractivity contribution in [2.24, 2.45) is 0 Å². The van der Waals surface area contributed by atoms with Crippen molar-refractivity contribution in [3.8, 4) is 0 Å². The van der Waals surface area contributed by atoms with E-state index in [1.165, 1.54) is 11.0 Å². The van der Waals surface area contributed by atoms with Crippen molar-refractivity contribution in [1.29, 1.82) is 0 Å². The minimum absolute atomic E-state index is 0.693. The van der Waals surface area contributed by atoms with E-state index in [0.717, 1.165) is 14.9 Å². The smallest absolute Gasteiger partial charge is 0.0559 e. The highest BCUT2D eigenvalue weighted by molar-refractivity contribution is 9.10. The summed E-state index contributed by atoms with van der Waals surface area (Å²) in [5, 5.41) is 0.693. The van der Waals surface area contributed by atoms with Gasteiger partial charge in [0.05, 0.1) is 5.02 Å². The highest BCUT2D eigenvalue weighted by Crippen LogP contribution is 2.33. The van der Waals surface area contributed by atoms with Crippen LogP contribution in [0.15, 0.2) is 21.5 Å². The quantitative estimate of drug-likeness (QED) is 0.716. The lowest BCUT2D eigenvalue weighted by Crippen LogP contribution is -1.78. The fourth-order valence-electron chi connectivity index (χ4n) is 0.711. The Morgan fingerprint density at radius 3 is 2.64 bits per heavy atom. The molecule has 4 heteroatoms. The second-order valence-electron chi connectivity index (χ2n) is 2.11. The molecule has 0 amide bonds. The van der Waals surface area contributed by atoms with Gasteiger partial charge in [0.15, 0.2) is 0 Å². The molecule has 0 spiro atoms. The zero-order valence-electron chi connectivity index (χ0n) is 5.70. The normalized spacial score (nSPS) is 10.2. The van der Waals surface area contributed by atoms with Crippen molar-refractivity contribution in [2.45, 2.75) is 11.8 Å². The van der Waals surface area contributed by atoms with Gasteiger partial charge in [0, 0.05) is 9.37 Å². The molecule has 0 atom stereocenters. The number of aryl methyl sites for hydroxylation is 1. The van der Waals surface area contributed by atoms with Gasteiger partial charge >= 0.3 is 0 Å². The molecule has 0 radical (unpaired) electrons. The van der Waals surface area contributed by atoms with Crippen molar-refractivity contribution in [3.05, 3.63) is 27.2 Å². The highest BCUT2D eigenvalue weighted by atomic mass is 79.9. The molecule has 1 aromatic rings. The maximum atomic E-state index is 5.85. The highest BCUT2D eigenvalue weighted by Gasteiger charge is 2.02. The summed E-state index contributed by atoms with van der Waals surface area (Å²) in [6, 6.07) is 3.80. The van der Waals surface area contributed by atoms with Gasteiger partial charge in [0.2, 0.25) is 0 Å². The molecule has 1 aromatic carbocycles. The molecule has 0 aliphatic rings. The average molecular weight is 272 g/mol. The predicted molar refractivity (Wildman–Crippen MR) is 55.6 cm³/mol. The van der Waals surface area contributed by atoms with E-state index in [1.807, 2.05) is 19.1 Å². The first-order valence-electron chi connectivity index (χ1n) is 2.89. The van der Waals surface area contributed by atoms with E-state index in [-0.39, 0.29) is 0 Å². The zero-order valence-corrected chi connectivity index (χ0v) is 9.61. The molecular weight excluding hydrogens is 267 g/mol. The molecule has 0 aliphatic heterocycles. The standard InChI is InChI=1S/C7H5BrCl2S/c1-4-2-5(8)6(9)3-7(4)11-10/h2-3H,1H3. The Balaban J connectivity index is 3.21. The topological polar surface area (TPSA) is 0 Å². The summed E-state index contributed by atoms with van der Waals surface area (Å²) >= 11 is 9.17. The summed E-state index contributed by atoms with van der Waals surface area (Å²) in [5.41, 5.74) is 1.13. The van der Waals surface area contributed by atoms with Crippen LogP contribution in [-0.4, -0.2) is 0 Å². The number of hydrogen-bond donors (Lipinski definition) is 0. The molecule has 0 bridgehead atoms. The van der Waals surface area contributed by atoms with Crippen LogP contribution in [0.4, 0.5) is 0 Å². The Morgan fingerprint density at radius 2 is 2.09 bits per heavy atom. The lowest BCUT2D eigenvalue weighted by molar-refractivity contribution is 1.30. The van der Waals surface area contributed by atoms with Crippen molar-refractivity contribution < 1.29 is 0 Å². The fraction of sp³-hybridized carbons (Fsp3) is 0.143. The van der Waals surface area contributed by atoms with Crippen LogP contribution < -0.4 is 0 Å². The molecule has 60 valence electrons. The summed E-state index contributed by atoms with van der Waals surface area (Å²) in [6.45, 7) is 1.99. The molecular formula is C7H5BrCl2S. The van der Waals surface area contributed by atoms with Crippen LogP contribution in [0.2, 0.25) is 5.02 Å². The van der Waals surface area contributed by atoms with Crippen LogP contribution in [0.1, 0.15) is 5.56 Å². The Kier molecular flexibility index (Phi) is 3.56. The van der Waals surface area contributed by atoms with Crippen LogP contribution in [0.25, 0.3) is 0 Å². The van der Waals surface area contributed by atoms with Crippen molar-refractivity contribution in [2.75, 3.05) is 0 Å². The van der Waals surface area contributed by atoms with Crippen molar-refractivity contribution in [1.82, 2.24) is 0 Å². The summed E-state index contributed by atoms with van der Waals surface area (Å²) in [5.74, 6) is 0. The third kappa shape index (κ3) is 2.28. The first kappa shape index (κ1) is 9.72. The molecule has 0 fully saturated rings. The van der Waals surface area contributed by atoms with Crippen LogP contribution in [0.3, 0.4) is 0 Å². The lowest BCUT2D eigenvalue weighted by Gasteiger charge is -2.02.